The molecule has 1 saturated carbocycles. The number of halogens is 1. The van der Waals surface area contributed by atoms with Gasteiger partial charge in [0.15, 0.2) is 5.82 Å². The number of benzene rings is 3. The second kappa shape index (κ2) is 8.20. The molecule has 1 fully saturated rings. The number of aromatic nitrogens is 4. The normalized spacial score (nSPS) is 21.8. The summed E-state index contributed by atoms with van der Waals surface area (Å²) < 4.78 is 24.0. The topological polar surface area (TPSA) is 73.1 Å². The second-order valence-corrected chi connectivity index (χ2v) is 10.9. The van der Waals surface area contributed by atoms with E-state index in [-0.39, 0.29) is 17.7 Å². The van der Waals surface area contributed by atoms with Gasteiger partial charge in [-0.1, -0.05) is 43.3 Å². The van der Waals surface area contributed by atoms with Gasteiger partial charge in [-0.25, -0.2) is 19.3 Å². The Morgan fingerprint density at radius 2 is 1.68 bits per heavy atom. The Balaban J connectivity index is 1.35. The van der Waals surface area contributed by atoms with Crippen molar-refractivity contribution in [2.24, 2.45) is 11.8 Å². The zero-order chi connectivity index (χ0) is 26.2. The highest BCUT2D eigenvalue weighted by Crippen LogP contribution is 2.66. The van der Waals surface area contributed by atoms with Crippen molar-refractivity contribution < 1.29 is 14.2 Å². The average Bonchev–Trinajstić information content (AvgIpc) is 3.24. The van der Waals surface area contributed by atoms with Crippen molar-refractivity contribution in [2.75, 3.05) is 0 Å². The number of para-hydroxylation sites is 2. The molecule has 0 unspecified atom stereocenters. The van der Waals surface area contributed by atoms with Crippen molar-refractivity contribution in [3.05, 3.63) is 102 Å². The summed E-state index contributed by atoms with van der Waals surface area (Å²) in [5, 5.41) is 10.2. The maximum Gasteiger partial charge on any atom is 0.159 e. The fourth-order valence-electron chi connectivity index (χ4n) is 6.00. The number of nitrogens with zero attached hydrogens (tertiary/aromatic N) is 4. The van der Waals surface area contributed by atoms with Gasteiger partial charge in [0.1, 0.15) is 28.7 Å². The van der Waals surface area contributed by atoms with Gasteiger partial charge in [0.05, 0.1) is 17.1 Å². The molecule has 4 atom stereocenters. The van der Waals surface area contributed by atoms with Gasteiger partial charge in [-0.3, -0.25) is 0 Å². The molecule has 0 saturated heterocycles. The van der Waals surface area contributed by atoms with E-state index in [1.54, 1.807) is 26.2 Å². The molecular formula is C31H27FN4O2. The molecule has 190 valence electrons. The van der Waals surface area contributed by atoms with Crippen molar-refractivity contribution in [1.82, 2.24) is 19.5 Å². The number of hydrogen-bond donors (Lipinski definition) is 1. The first-order chi connectivity index (χ1) is 18.3. The number of aliphatic hydroxyl groups is 1. The second-order valence-electron chi connectivity index (χ2n) is 10.9. The van der Waals surface area contributed by atoms with Crippen LogP contribution in [-0.4, -0.2) is 24.6 Å². The molecule has 7 heteroatoms. The highest BCUT2D eigenvalue weighted by atomic mass is 19.1. The van der Waals surface area contributed by atoms with Gasteiger partial charge < -0.3 is 14.4 Å². The van der Waals surface area contributed by atoms with E-state index in [1.807, 2.05) is 54.6 Å². The number of fused-ring (bicyclic) bond motifs is 5. The standard InChI is InChI=1S/C31H27FN4O2/c1-17-26-27(17)29-35-23-14-22(32)21(18-15-33-30(34-16-18)31(2,3)37)13-24(23)36(29)28(26)20-11-7-8-12-25(20)38-19-9-5-4-6-10-19/h4-17,26-28,37H,1-3H3/t17-,26+,27-,28-/m0/s1. The molecule has 2 aliphatic rings. The Bertz CT molecular complexity index is 1670. The average molecular weight is 507 g/mol. The maximum atomic E-state index is 15.3. The van der Waals surface area contributed by atoms with E-state index < -0.39 is 5.60 Å². The van der Waals surface area contributed by atoms with Crippen LogP contribution in [0.5, 0.6) is 11.5 Å². The summed E-state index contributed by atoms with van der Waals surface area (Å²) in [6.07, 6.45) is 3.12. The van der Waals surface area contributed by atoms with Crippen molar-refractivity contribution in [2.45, 2.75) is 38.3 Å². The molecule has 1 N–H and O–H groups in total. The summed E-state index contributed by atoms with van der Waals surface area (Å²) in [6.45, 7) is 5.51. The maximum absolute atomic E-state index is 15.3. The third-order valence-corrected chi connectivity index (χ3v) is 7.91. The summed E-state index contributed by atoms with van der Waals surface area (Å²) in [5.41, 5.74) is 2.39. The molecule has 38 heavy (non-hydrogen) atoms. The van der Waals surface area contributed by atoms with Crippen LogP contribution in [0.2, 0.25) is 0 Å². The van der Waals surface area contributed by atoms with Crippen LogP contribution in [-0.2, 0) is 5.60 Å². The molecule has 0 amide bonds. The highest BCUT2D eigenvalue weighted by molar-refractivity contribution is 5.84. The van der Waals surface area contributed by atoms with Crippen molar-refractivity contribution >= 4 is 11.0 Å². The Morgan fingerprint density at radius 1 is 0.974 bits per heavy atom. The van der Waals surface area contributed by atoms with E-state index in [1.165, 1.54) is 6.07 Å². The summed E-state index contributed by atoms with van der Waals surface area (Å²) in [5.74, 6) is 3.74. The van der Waals surface area contributed by atoms with Gasteiger partial charge in [0.2, 0.25) is 0 Å². The smallest absolute Gasteiger partial charge is 0.159 e. The van der Waals surface area contributed by atoms with Crippen LogP contribution in [0.3, 0.4) is 0 Å². The molecule has 0 radical (unpaired) electrons. The molecule has 2 aromatic heterocycles. The predicted octanol–water partition coefficient (Wildman–Crippen LogP) is 6.60. The van der Waals surface area contributed by atoms with Crippen LogP contribution < -0.4 is 4.74 Å². The lowest BCUT2D eigenvalue weighted by Crippen LogP contribution is -2.19. The Morgan fingerprint density at radius 3 is 2.42 bits per heavy atom. The van der Waals surface area contributed by atoms with Gasteiger partial charge in [0, 0.05) is 41.1 Å². The fourth-order valence-corrected chi connectivity index (χ4v) is 6.00. The van der Waals surface area contributed by atoms with E-state index in [9.17, 15) is 5.11 Å². The molecule has 3 aromatic carbocycles. The van der Waals surface area contributed by atoms with Crippen molar-refractivity contribution in [1.29, 1.82) is 0 Å². The summed E-state index contributed by atoms with van der Waals surface area (Å²) in [6, 6.07) is 21.3. The molecule has 5 aromatic rings. The molecule has 0 bridgehead atoms. The molecule has 0 spiro atoms. The van der Waals surface area contributed by atoms with Crippen molar-refractivity contribution in [3.8, 4) is 22.6 Å². The SMILES string of the molecule is C[C@@H]1[C@@H]2c3nc4cc(F)c(-c5cnc(C(C)(C)O)nc5)cc4n3[C@@H](c3ccccc3Oc3ccccc3)[C@H]12. The summed E-state index contributed by atoms with van der Waals surface area (Å²) in [4.78, 5) is 13.5. The molecule has 1 aliphatic carbocycles. The fraction of sp³-hybridized carbons (Fsp3) is 0.258. The molecule has 1 aliphatic heterocycles. The lowest BCUT2D eigenvalue weighted by Gasteiger charge is -2.22. The minimum Gasteiger partial charge on any atom is -0.457 e. The lowest BCUT2D eigenvalue weighted by molar-refractivity contribution is 0.0687. The van der Waals surface area contributed by atoms with Gasteiger partial charge in [-0.15, -0.1) is 0 Å². The Labute approximate surface area is 219 Å². The van der Waals surface area contributed by atoms with Crippen LogP contribution in [0.25, 0.3) is 22.2 Å². The van der Waals surface area contributed by atoms with Crippen LogP contribution in [0.1, 0.15) is 49.9 Å². The van der Waals surface area contributed by atoms with Crippen molar-refractivity contribution in [3.63, 3.8) is 0 Å². The quantitative estimate of drug-likeness (QED) is 0.291. The zero-order valence-electron chi connectivity index (χ0n) is 21.3. The van der Waals surface area contributed by atoms with Gasteiger partial charge in [0.25, 0.3) is 0 Å². The van der Waals surface area contributed by atoms with E-state index in [0.717, 1.165) is 28.4 Å². The molecule has 3 heterocycles. The van der Waals surface area contributed by atoms with E-state index in [2.05, 4.69) is 27.5 Å². The van der Waals surface area contributed by atoms with Gasteiger partial charge >= 0.3 is 0 Å². The largest absolute Gasteiger partial charge is 0.457 e. The van der Waals surface area contributed by atoms with Crippen LogP contribution in [0, 0.1) is 17.7 Å². The molecular weight excluding hydrogens is 479 g/mol. The monoisotopic (exact) mass is 506 g/mol. The molecule has 7 rings (SSSR count). The Hall–Kier alpha value is -4.10. The third-order valence-electron chi connectivity index (χ3n) is 7.91. The first-order valence-corrected chi connectivity index (χ1v) is 12.9. The van der Waals surface area contributed by atoms with E-state index in [0.29, 0.717) is 34.4 Å². The van der Waals surface area contributed by atoms with E-state index in [4.69, 9.17) is 9.72 Å². The predicted molar refractivity (Wildman–Crippen MR) is 142 cm³/mol. The number of imidazole rings is 1. The highest BCUT2D eigenvalue weighted by Gasteiger charge is 2.61. The van der Waals surface area contributed by atoms with Gasteiger partial charge in [-0.2, -0.15) is 0 Å². The number of rotatable bonds is 5. The lowest BCUT2D eigenvalue weighted by atomic mass is 9.99. The molecule has 6 nitrogen and oxygen atoms in total. The van der Waals surface area contributed by atoms with Crippen LogP contribution in [0.4, 0.5) is 4.39 Å². The first-order valence-electron chi connectivity index (χ1n) is 12.9. The summed E-state index contributed by atoms with van der Waals surface area (Å²) >= 11 is 0. The third kappa shape index (κ3) is 3.53. The minimum absolute atomic E-state index is 0.0297. The number of ether oxygens (including phenoxy) is 1. The summed E-state index contributed by atoms with van der Waals surface area (Å²) in [7, 11) is 0. The Kier molecular flexibility index (Phi) is 4.97. The van der Waals surface area contributed by atoms with Crippen LogP contribution >= 0.6 is 0 Å². The minimum atomic E-state index is -1.17. The van der Waals surface area contributed by atoms with Crippen LogP contribution in [0.15, 0.2) is 79.1 Å². The number of hydrogen-bond acceptors (Lipinski definition) is 5. The van der Waals surface area contributed by atoms with E-state index >= 15 is 4.39 Å². The zero-order valence-corrected chi connectivity index (χ0v) is 21.3. The first kappa shape index (κ1) is 23.0. The van der Waals surface area contributed by atoms with Gasteiger partial charge in [-0.05, 0) is 49.9 Å².